The van der Waals surface area contributed by atoms with E-state index >= 15 is 0 Å². The monoisotopic (exact) mass is 283 g/mol. The highest BCUT2D eigenvalue weighted by Gasteiger charge is 2.05. The van der Waals surface area contributed by atoms with Crippen molar-refractivity contribution in [3.8, 4) is 0 Å². The molecule has 0 N–H and O–H groups in total. The van der Waals surface area contributed by atoms with Gasteiger partial charge < -0.3 is 0 Å². The van der Waals surface area contributed by atoms with Gasteiger partial charge in [0.15, 0.2) is 6.29 Å². The van der Waals surface area contributed by atoms with Crippen molar-refractivity contribution in [3.63, 3.8) is 0 Å². The summed E-state index contributed by atoms with van der Waals surface area (Å²) < 4.78 is 15.6. The zero-order valence-electron chi connectivity index (χ0n) is 8.10. The summed E-state index contributed by atoms with van der Waals surface area (Å²) in [6.45, 7) is 0.250. The molecule has 82 valence electrons. The molecule has 0 aliphatic heterocycles. The summed E-state index contributed by atoms with van der Waals surface area (Å²) in [5, 5.41) is 7.29. The third-order valence-corrected chi connectivity index (χ3v) is 2.52. The van der Waals surface area contributed by atoms with Crippen molar-refractivity contribution >= 4 is 22.2 Å². The van der Waals surface area contributed by atoms with Gasteiger partial charge in [-0.25, -0.2) is 9.07 Å². The number of benzene rings is 1. The third-order valence-electron chi connectivity index (χ3n) is 2.02. The minimum Gasteiger partial charge on any atom is -0.296 e. The fourth-order valence-corrected chi connectivity index (χ4v) is 1.60. The average molecular weight is 284 g/mol. The van der Waals surface area contributed by atoms with Crippen LogP contribution in [-0.2, 0) is 6.54 Å². The van der Waals surface area contributed by atoms with Crippen molar-refractivity contribution in [1.29, 1.82) is 0 Å². The fraction of sp³-hybridized carbons (Fsp3) is 0.100. The van der Waals surface area contributed by atoms with E-state index in [4.69, 9.17) is 0 Å². The molecule has 0 aliphatic carbocycles. The Balaban J connectivity index is 2.23. The van der Waals surface area contributed by atoms with E-state index in [1.807, 2.05) is 0 Å². The van der Waals surface area contributed by atoms with E-state index in [2.05, 4.69) is 26.2 Å². The third kappa shape index (κ3) is 2.33. The van der Waals surface area contributed by atoms with Crippen LogP contribution in [0.2, 0.25) is 0 Å². The standard InChI is InChI=1S/C10H7BrFN3O/c11-8-2-1-7(10(12)3-8)4-15-5-9(6-16)13-14-15/h1-3,5-6H,4H2. The van der Waals surface area contributed by atoms with Crippen LogP contribution in [0.15, 0.2) is 28.9 Å². The van der Waals surface area contributed by atoms with Gasteiger partial charge in [-0.15, -0.1) is 5.10 Å². The molecular formula is C10H7BrFN3O. The van der Waals surface area contributed by atoms with Crippen LogP contribution in [0.5, 0.6) is 0 Å². The first-order chi connectivity index (χ1) is 7.69. The van der Waals surface area contributed by atoms with Crippen LogP contribution in [0, 0.1) is 5.82 Å². The van der Waals surface area contributed by atoms with E-state index in [-0.39, 0.29) is 18.1 Å². The van der Waals surface area contributed by atoms with Gasteiger partial charge in [-0.3, -0.25) is 4.79 Å². The highest BCUT2D eigenvalue weighted by molar-refractivity contribution is 9.10. The topological polar surface area (TPSA) is 47.8 Å². The first kappa shape index (κ1) is 10.9. The van der Waals surface area contributed by atoms with Crippen LogP contribution in [0.3, 0.4) is 0 Å². The van der Waals surface area contributed by atoms with Gasteiger partial charge in [-0.1, -0.05) is 27.2 Å². The number of hydrogen-bond donors (Lipinski definition) is 0. The second kappa shape index (κ2) is 4.52. The highest BCUT2D eigenvalue weighted by atomic mass is 79.9. The van der Waals surface area contributed by atoms with Gasteiger partial charge in [-0.2, -0.15) is 0 Å². The molecule has 2 aromatic rings. The van der Waals surface area contributed by atoms with Crippen LogP contribution in [0.25, 0.3) is 0 Å². The quantitative estimate of drug-likeness (QED) is 0.810. The Bertz CT molecular complexity index is 527. The molecule has 0 saturated carbocycles. The number of aromatic nitrogens is 3. The fourth-order valence-electron chi connectivity index (χ4n) is 1.27. The minimum absolute atomic E-state index is 0.234. The average Bonchev–Trinajstić information content (AvgIpc) is 2.70. The van der Waals surface area contributed by atoms with Crippen LogP contribution in [0.4, 0.5) is 4.39 Å². The maximum absolute atomic E-state index is 13.5. The van der Waals surface area contributed by atoms with Crippen molar-refractivity contribution in [2.75, 3.05) is 0 Å². The molecule has 0 radical (unpaired) electrons. The molecule has 1 aromatic heterocycles. The number of nitrogens with zero attached hydrogens (tertiary/aromatic N) is 3. The largest absolute Gasteiger partial charge is 0.296 e. The first-order valence-corrected chi connectivity index (χ1v) is 5.27. The van der Waals surface area contributed by atoms with Gasteiger partial charge >= 0.3 is 0 Å². The minimum atomic E-state index is -0.322. The van der Waals surface area contributed by atoms with E-state index < -0.39 is 0 Å². The van der Waals surface area contributed by atoms with Crippen molar-refractivity contribution in [2.24, 2.45) is 0 Å². The Labute approximate surface area is 99.2 Å². The van der Waals surface area contributed by atoms with Gasteiger partial charge in [0.05, 0.1) is 12.7 Å². The van der Waals surface area contributed by atoms with Gasteiger partial charge in [0.2, 0.25) is 0 Å². The number of rotatable bonds is 3. The Morgan fingerprint density at radius 3 is 2.94 bits per heavy atom. The van der Waals surface area contributed by atoms with Crippen molar-refractivity contribution in [2.45, 2.75) is 6.54 Å². The van der Waals surface area contributed by atoms with E-state index in [0.29, 0.717) is 16.3 Å². The molecule has 16 heavy (non-hydrogen) atoms. The molecule has 0 saturated heterocycles. The smallest absolute Gasteiger partial charge is 0.171 e. The van der Waals surface area contributed by atoms with Crippen molar-refractivity contribution in [1.82, 2.24) is 15.0 Å². The van der Waals surface area contributed by atoms with Gasteiger partial charge in [0.1, 0.15) is 11.5 Å². The van der Waals surface area contributed by atoms with Crippen LogP contribution < -0.4 is 0 Å². The van der Waals surface area contributed by atoms with E-state index in [9.17, 15) is 9.18 Å². The van der Waals surface area contributed by atoms with Crippen LogP contribution in [0.1, 0.15) is 16.1 Å². The molecule has 4 nitrogen and oxygen atoms in total. The SMILES string of the molecule is O=Cc1cn(Cc2ccc(Br)cc2F)nn1. The maximum atomic E-state index is 13.5. The molecular weight excluding hydrogens is 277 g/mol. The number of carbonyl (C=O) groups excluding carboxylic acids is 1. The summed E-state index contributed by atoms with van der Waals surface area (Å²) in [6.07, 6.45) is 2.07. The molecule has 0 aliphatic rings. The number of carbonyl (C=O) groups is 1. The molecule has 1 aromatic carbocycles. The lowest BCUT2D eigenvalue weighted by Gasteiger charge is -2.02. The molecule has 0 spiro atoms. The van der Waals surface area contributed by atoms with E-state index in [1.165, 1.54) is 16.9 Å². The highest BCUT2D eigenvalue weighted by Crippen LogP contribution is 2.15. The second-order valence-corrected chi connectivity index (χ2v) is 4.11. The summed E-state index contributed by atoms with van der Waals surface area (Å²) in [6, 6.07) is 4.78. The van der Waals surface area contributed by atoms with Crippen LogP contribution in [-0.4, -0.2) is 21.3 Å². The molecule has 0 fully saturated rings. The molecule has 0 amide bonds. The first-order valence-electron chi connectivity index (χ1n) is 4.48. The summed E-state index contributed by atoms with van der Waals surface area (Å²) in [7, 11) is 0. The number of aldehydes is 1. The molecule has 0 bridgehead atoms. The summed E-state index contributed by atoms with van der Waals surface area (Å²) in [5.74, 6) is -0.322. The summed E-state index contributed by atoms with van der Waals surface area (Å²) in [5.41, 5.74) is 0.725. The maximum Gasteiger partial charge on any atom is 0.171 e. The van der Waals surface area contributed by atoms with Crippen molar-refractivity contribution in [3.05, 3.63) is 45.9 Å². The van der Waals surface area contributed by atoms with Gasteiger partial charge in [0, 0.05) is 10.0 Å². The number of hydrogen-bond acceptors (Lipinski definition) is 3. The zero-order chi connectivity index (χ0) is 11.5. The molecule has 0 atom stereocenters. The van der Waals surface area contributed by atoms with Gasteiger partial charge in [-0.05, 0) is 12.1 Å². The summed E-state index contributed by atoms with van der Waals surface area (Å²) >= 11 is 3.18. The normalized spacial score (nSPS) is 10.4. The molecule has 6 heteroatoms. The van der Waals surface area contributed by atoms with E-state index in [0.717, 1.165) is 0 Å². The number of halogens is 2. The summed E-state index contributed by atoms with van der Waals surface area (Å²) in [4.78, 5) is 10.4. The predicted molar refractivity (Wildman–Crippen MR) is 58.6 cm³/mol. The predicted octanol–water partition coefficient (Wildman–Crippen LogP) is 2.04. The van der Waals surface area contributed by atoms with Crippen molar-refractivity contribution < 1.29 is 9.18 Å². The Kier molecular flexibility index (Phi) is 3.09. The second-order valence-electron chi connectivity index (χ2n) is 3.19. The van der Waals surface area contributed by atoms with Gasteiger partial charge in [0.25, 0.3) is 0 Å². The lowest BCUT2D eigenvalue weighted by Crippen LogP contribution is -2.02. The molecule has 1 heterocycles. The molecule has 0 unspecified atom stereocenters. The Hall–Kier alpha value is -1.56. The van der Waals surface area contributed by atoms with Crippen LogP contribution >= 0.6 is 15.9 Å². The lowest BCUT2D eigenvalue weighted by molar-refractivity contribution is 0.111. The Morgan fingerprint density at radius 1 is 1.50 bits per heavy atom. The Morgan fingerprint density at radius 2 is 2.31 bits per heavy atom. The zero-order valence-corrected chi connectivity index (χ0v) is 9.69. The lowest BCUT2D eigenvalue weighted by atomic mass is 10.2. The van der Waals surface area contributed by atoms with E-state index in [1.54, 1.807) is 12.1 Å². The molecule has 2 rings (SSSR count).